The van der Waals surface area contributed by atoms with Crippen LogP contribution in [0.4, 0.5) is 0 Å². The number of benzene rings is 2. The quantitative estimate of drug-likeness (QED) is 0.475. The third-order valence-corrected chi connectivity index (χ3v) is 2.91. The van der Waals surface area contributed by atoms with Gasteiger partial charge in [-0.05, 0) is 20.0 Å². The fourth-order valence-corrected chi connectivity index (χ4v) is 1.89. The van der Waals surface area contributed by atoms with Gasteiger partial charge >= 0.3 is 0 Å². The topological polar surface area (TPSA) is 33.6 Å². The van der Waals surface area contributed by atoms with E-state index in [1.165, 1.54) is 0 Å². The predicted molar refractivity (Wildman–Crippen MR) is 83.0 cm³/mol. The van der Waals surface area contributed by atoms with Gasteiger partial charge in [0.05, 0.1) is 0 Å². The van der Waals surface area contributed by atoms with E-state index in [1.807, 2.05) is 67.7 Å². The molecule has 0 atom stereocenters. The van der Waals surface area contributed by atoms with Crippen molar-refractivity contribution >= 4 is 5.71 Å². The minimum absolute atomic E-state index is 0.615. The van der Waals surface area contributed by atoms with Crippen molar-refractivity contribution in [1.29, 1.82) is 0 Å². The molecule has 104 valence electrons. The third-order valence-electron chi connectivity index (χ3n) is 2.91. The lowest BCUT2D eigenvalue weighted by atomic mass is 10.0. The summed E-state index contributed by atoms with van der Waals surface area (Å²) in [5.74, 6) is 0. The molecule has 1 N–H and O–H groups in total. The first-order valence-corrected chi connectivity index (χ1v) is 6.87. The Kier molecular flexibility index (Phi) is 5.80. The Bertz CT molecular complexity index is 482. The smallest absolute Gasteiger partial charge is 0.118 e. The van der Waals surface area contributed by atoms with Crippen LogP contribution < -0.4 is 5.32 Å². The Hall–Kier alpha value is -2.13. The highest BCUT2D eigenvalue weighted by atomic mass is 16.6. The summed E-state index contributed by atoms with van der Waals surface area (Å²) in [4.78, 5) is 5.45. The average Bonchev–Trinajstić information content (AvgIpc) is 2.53. The summed E-state index contributed by atoms with van der Waals surface area (Å²) in [7, 11) is 1.93. The molecule has 3 heteroatoms. The van der Waals surface area contributed by atoms with Gasteiger partial charge in [0.1, 0.15) is 12.3 Å². The zero-order valence-electron chi connectivity index (χ0n) is 11.8. The van der Waals surface area contributed by atoms with E-state index in [-0.39, 0.29) is 0 Å². The monoisotopic (exact) mass is 268 g/mol. The molecular formula is C17H20N2O. The summed E-state index contributed by atoms with van der Waals surface area (Å²) in [6.07, 6.45) is 0.941. The second kappa shape index (κ2) is 8.12. The molecule has 0 fully saturated rings. The molecule has 2 rings (SSSR count). The van der Waals surface area contributed by atoms with E-state index in [4.69, 9.17) is 4.84 Å². The molecule has 2 aromatic rings. The number of oxime groups is 1. The van der Waals surface area contributed by atoms with Crippen molar-refractivity contribution in [3.8, 4) is 0 Å². The van der Waals surface area contributed by atoms with Crippen LogP contribution in [-0.2, 0) is 4.84 Å². The van der Waals surface area contributed by atoms with Crippen molar-refractivity contribution < 1.29 is 4.84 Å². The molecule has 0 spiro atoms. The maximum atomic E-state index is 5.45. The minimum atomic E-state index is 0.615. The van der Waals surface area contributed by atoms with Crippen molar-refractivity contribution in [3.63, 3.8) is 0 Å². The van der Waals surface area contributed by atoms with Gasteiger partial charge in [0.25, 0.3) is 0 Å². The van der Waals surface area contributed by atoms with Crippen molar-refractivity contribution in [3.05, 3.63) is 71.8 Å². The zero-order valence-corrected chi connectivity index (χ0v) is 11.8. The van der Waals surface area contributed by atoms with Crippen LogP contribution in [0.5, 0.6) is 0 Å². The second-order valence-electron chi connectivity index (χ2n) is 4.46. The van der Waals surface area contributed by atoms with E-state index in [1.54, 1.807) is 0 Å². The van der Waals surface area contributed by atoms with E-state index in [9.17, 15) is 0 Å². The summed E-state index contributed by atoms with van der Waals surface area (Å²) in [6.45, 7) is 1.55. The van der Waals surface area contributed by atoms with Crippen LogP contribution in [0, 0.1) is 0 Å². The summed E-state index contributed by atoms with van der Waals surface area (Å²) >= 11 is 0. The Morgan fingerprint density at radius 2 is 1.50 bits per heavy atom. The SMILES string of the molecule is CNCCCON=C(c1ccccc1)c1ccccc1. The van der Waals surface area contributed by atoms with Gasteiger partial charge in [0.15, 0.2) is 0 Å². The first kappa shape index (κ1) is 14.3. The van der Waals surface area contributed by atoms with E-state index >= 15 is 0 Å². The Morgan fingerprint density at radius 3 is 2.00 bits per heavy atom. The zero-order chi connectivity index (χ0) is 14.0. The minimum Gasteiger partial charge on any atom is -0.395 e. The number of nitrogens with one attached hydrogen (secondary N) is 1. The summed E-state index contributed by atoms with van der Waals surface area (Å²) in [5, 5.41) is 7.42. The highest BCUT2D eigenvalue weighted by Crippen LogP contribution is 2.11. The van der Waals surface area contributed by atoms with E-state index in [0.29, 0.717) is 6.61 Å². The maximum Gasteiger partial charge on any atom is 0.118 e. The van der Waals surface area contributed by atoms with Gasteiger partial charge in [0, 0.05) is 11.1 Å². The molecule has 20 heavy (non-hydrogen) atoms. The predicted octanol–water partition coefficient (Wildman–Crippen LogP) is 3.07. The fourth-order valence-electron chi connectivity index (χ4n) is 1.89. The number of nitrogens with zero attached hydrogens (tertiary/aromatic N) is 1. The van der Waals surface area contributed by atoms with Gasteiger partial charge in [-0.2, -0.15) is 0 Å². The molecule has 0 radical (unpaired) electrons. The Morgan fingerprint density at radius 1 is 0.950 bits per heavy atom. The molecule has 0 aliphatic rings. The number of hydrogen-bond donors (Lipinski definition) is 1. The van der Waals surface area contributed by atoms with Gasteiger partial charge in [-0.15, -0.1) is 0 Å². The van der Waals surface area contributed by atoms with Crippen LogP contribution >= 0.6 is 0 Å². The maximum absolute atomic E-state index is 5.45. The van der Waals surface area contributed by atoms with Crippen LogP contribution in [0.3, 0.4) is 0 Å². The standard InChI is InChI=1S/C17H20N2O/c1-18-13-8-14-20-19-17(15-9-4-2-5-10-15)16-11-6-3-7-12-16/h2-7,9-12,18H,8,13-14H2,1H3. The second-order valence-corrected chi connectivity index (χ2v) is 4.46. The van der Waals surface area contributed by atoms with Gasteiger partial charge in [0.2, 0.25) is 0 Å². The number of rotatable bonds is 7. The lowest BCUT2D eigenvalue weighted by Crippen LogP contribution is -2.10. The number of hydrogen-bond acceptors (Lipinski definition) is 3. The van der Waals surface area contributed by atoms with Crippen molar-refractivity contribution in [1.82, 2.24) is 5.32 Å². The van der Waals surface area contributed by atoms with E-state index in [2.05, 4.69) is 10.5 Å². The molecule has 0 aliphatic heterocycles. The average molecular weight is 268 g/mol. The lowest BCUT2D eigenvalue weighted by Gasteiger charge is -2.07. The molecule has 0 bridgehead atoms. The van der Waals surface area contributed by atoms with Crippen molar-refractivity contribution in [2.45, 2.75) is 6.42 Å². The van der Waals surface area contributed by atoms with Gasteiger partial charge < -0.3 is 10.2 Å². The van der Waals surface area contributed by atoms with Gasteiger partial charge in [-0.25, -0.2) is 0 Å². The summed E-state index contributed by atoms with van der Waals surface area (Å²) in [6, 6.07) is 20.2. The molecule has 0 amide bonds. The summed E-state index contributed by atoms with van der Waals surface area (Å²) < 4.78 is 0. The van der Waals surface area contributed by atoms with E-state index in [0.717, 1.165) is 29.8 Å². The van der Waals surface area contributed by atoms with Crippen LogP contribution in [0.2, 0.25) is 0 Å². The Balaban J connectivity index is 2.15. The highest BCUT2D eigenvalue weighted by Gasteiger charge is 2.06. The van der Waals surface area contributed by atoms with E-state index < -0.39 is 0 Å². The first-order valence-electron chi connectivity index (χ1n) is 6.87. The third kappa shape index (κ3) is 4.21. The molecule has 0 saturated heterocycles. The molecule has 2 aromatic carbocycles. The van der Waals surface area contributed by atoms with Crippen molar-refractivity contribution in [2.24, 2.45) is 5.16 Å². The van der Waals surface area contributed by atoms with Crippen LogP contribution in [-0.4, -0.2) is 25.9 Å². The largest absolute Gasteiger partial charge is 0.395 e. The van der Waals surface area contributed by atoms with Crippen molar-refractivity contribution in [2.75, 3.05) is 20.2 Å². The molecule has 0 unspecified atom stereocenters. The Labute approximate surface area is 120 Å². The van der Waals surface area contributed by atoms with Gasteiger partial charge in [-0.1, -0.05) is 65.8 Å². The normalized spacial score (nSPS) is 10.1. The molecule has 0 heterocycles. The van der Waals surface area contributed by atoms with Crippen LogP contribution in [0.1, 0.15) is 17.5 Å². The molecule has 0 aliphatic carbocycles. The molecule has 0 saturated carbocycles. The molecular weight excluding hydrogens is 248 g/mol. The lowest BCUT2D eigenvalue weighted by molar-refractivity contribution is 0.142. The molecule has 0 aromatic heterocycles. The van der Waals surface area contributed by atoms with Crippen LogP contribution in [0.15, 0.2) is 65.8 Å². The molecule has 3 nitrogen and oxygen atoms in total. The summed E-state index contributed by atoms with van der Waals surface area (Å²) in [5.41, 5.74) is 3.00. The van der Waals surface area contributed by atoms with Gasteiger partial charge in [-0.3, -0.25) is 0 Å². The highest BCUT2D eigenvalue weighted by molar-refractivity contribution is 6.12. The van der Waals surface area contributed by atoms with Crippen LogP contribution in [0.25, 0.3) is 0 Å². The fraction of sp³-hybridized carbons (Fsp3) is 0.235. The first-order chi connectivity index (χ1) is 9.92.